The number of carbonyl (C=O) groups excluding carboxylic acids is 2. The number of hydrogen-bond acceptors (Lipinski definition) is 3. The van der Waals surface area contributed by atoms with Crippen LogP contribution in [0.2, 0.25) is 0 Å². The predicted octanol–water partition coefficient (Wildman–Crippen LogP) is 0.445. The molecule has 4 N–H and O–H groups in total. The van der Waals surface area contributed by atoms with Gasteiger partial charge in [0, 0.05) is 6.42 Å². The van der Waals surface area contributed by atoms with Crippen molar-refractivity contribution in [3.8, 4) is 0 Å². The molecule has 1 aromatic carbocycles. The highest BCUT2D eigenvalue weighted by Gasteiger charge is 2.38. The van der Waals surface area contributed by atoms with E-state index in [1.165, 1.54) is 6.08 Å². The van der Waals surface area contributed by atoms with E-state index in [2.05, 4.69) is 6.58 Å². The van der Waals surface area contributed by atoms with Crippen LogP contribution in [0.15, 0.2) is 43.0 Å². The van der Waals surface area contributed by atoms with Crippen molar-refractivity contribution in [2.45, 2.75) is 12.0 Å². The summed E-state index contributed by atoms with van der Waals surface area (Å²) in [7, 11) is 0. The summed E-state index contributed by atoms with van der Waals surface area (Å²) in [6, 6.07) is 8.72. The van der Waals surface area contributed by atoms with E-state index in [-0.39, 0.29) is 13.0 Å². The zero-order valence-electron chi connectivity index (χ0n) is 9.96. The van der Waals surface area contributed by atoms with E-state index >= 15 is 0 Å². The summed E-state index contributed by atoms with van der Waals surface area (Å²) in [6.45, 7) is 3.19. The number of carbonyl (C=O) groups is 2. The summed E-state index contributed by atoms with van der Waals surface area (Å²) < 4.78 is 5.36. The molecule has 0 unspecified atom stereocenters. The minimum absolute atomic E-state index is 0.166. The molecule has 5 nitrogen and oxygen atoms in total. The van der Waals surface area contributed by atoms with Gasteiger partial charge in [0.2, 0.25) is 5.91 Å². The molecule has 0 saturated carbocycles. The third-order valence-corrected chi connectivity index (χ3v) is 2.53. The molecule has 1 atom stereocenters. The van der Waals surface area contributed by atoms with Crippen LogP contribution in [-0.2, 0) is 19.9 Å². The van der Waals surface area contributed by atoms with Crippen LogP contribution in [0.3, 0.4) is 0 Å². The summed E-state index contributed by atoms with van der Waals surface area (Å²) in [4.78, 5) is 22.5. The lowest BCUT2D eigenvalue weighted by molar-refractivity contribution is -0.149. The van der Waals surface area contributed by atoms with Gasteiger partial charge in [-0.05, 0) is 5.56 Å². The first-order chi connectivity index (χ1) is 8.53. The number of rotatable bonds is 7. The number of primary amides is 2. The fourth-order valence-corrected chi connectivity index (χ4v) is 1.68. The van der Waals surface area contributed by atoms with Crippen LogP contribution in [0.1, 0.15) is 12.0 Å². The van der Waals surface area contributed by atoms with Crippen LogP contribution in [0, 0.1) is 0 Å². The van der Waals surface area contributed by atoms with E-state index in [0.29, 0.717) is 5.56 Å². The van der Waals surface area contributed by atoms with Crippen LogP contribution in [0.25, 0.3) is 0 Å². The molecule has 1 rings (SSSR count). The molecule has 0 bridgehead atoms. The first-order valence-electron chi connectivity index (χ1n) is 5.41. The normalized spacial score (nSPS) is 13.6. The molecule has 0 aromatic heterocycles. The first-order valence-corrected chi connectivity index (χ1v) is 5.41. The molecule has 5 heteroatoms. The average molecular weight is 248 g/mol. The molecule has 0 heterocycles. The smallest absolute Gasteiger partial charge is 0.254 e. The highest BCUT2D eigenvalue weighted by Crippen LogP contribution is 2.29. The molecule has 0 saturated heterocycles. The maximum Gasteiger partial charge on any atom is 0.254 e. The Morgan fingerprint density at radius 1 is 1.28 bits per heavy atom. The van der Waals surface area contributed by atoms with Crippen molar-refractivity contribution in [3.63, 3.8) is 0 Å². The third kappa shape index (κ3) is 2.95. The van der Waals surface area contributed by atoms with Gasteiger partial charge < -0.3 is 16.2 Å². The molecule has 18 heavy (non-hydrogen) atoms. The summed E-state index contributed by atoms with van der Waals surface area (Å²) >= 11 is 0. The Bertz CT molecular complexity index is 445. The fourth-order valence-electron chi connectivity index (χ4n) is 1.68. The second-order valence-corrected chi connectivity index (χ2v) is 3.81. The Labute approximate surface area is 105 Å². The minimum atomic E-state index is -1.40. The molecule has 0 spiro atoms. The quantitative estimate of drug-likeness (QED) is 0.685. The van der Waals surface area contributed by atoms with Crippen molar-refractivity contribution in [1.29, 1.82) is 0 Å². The standard InChI is InChI=1S/C13H16N2O3/c1-2-8-13(12(15)17,18-9-11(14)16)10-6-4-3-5-7-10/h2-7H,1,8-9H2,(H2,14,16)(H2,15,17)/t13-/m1/s1. The van der Waals surface area contributed by atoms with Crippen molar-refractivity contribution in [1.82, 2.24) is 0 Å². The van der Waals surface area contributed by atoms with Crippen molar-refractivity contribution in [2.24, 2.45) is 11.5 Å². The molecule has 2 amide bonds. The van der Waals surface area contributed by atoms with Gasteiger partial charge in [-0.15, -0.1) is 6.58 Å². The SMILES string of the molecule is C=CC[C@](OCC(N)=O)(C(N)=O)c1ccccc1. The zero-order chi connectivity index (χ0) is 13.6. The Morgan fingerprint density at radius 3 is 2.33 bits per heavy atom. The average Bonchev–Trinajstić information content (AvgIpc) is 2.35. The van der Waals surface area contributed by atoms with Gasteiger partial charge in [-0.25, -0.2) is 0 Å². The molecule has 0 fully saturated rings. The summed E-state index contributed by atoms with van der Waals surface area (Å²) in [5.74, 6) is -1.35. The van der Waals surface area contributed by atoms with Crippen LogP contribution in [0.5, 0.6) is 0 Å². The lowest BCUT2D eigenvalue weighted by atomic mass is 9.89. The van der Waals surface area contributed by atoms with E-state index in [0.717, 1.165) is 0 Å². The molecule has 0 aliphatic carbocycles. The van der Waals surface area contributed by atoms with Crippen molar-refractivity contribution in [3.05, 3.63) is 48.6 Å². The topological polar surface area (TPSA) is 95.4 Å². The number of ether oxygens (including phenoxy) is 1. The number of hydrogen-bond donors (Lipinski definition) is 2. The van der Waals surface area contributed by atoms with E-state index in [4.69, 9.17) is 16.2 Å². The molecule has 1 aromatic rings. The van der Waals surface area contributed by atoms with E-state index in [1.807, 2.05) is 0 Å². The Morgan fingerprint density at radius 2 is 1.89 bits per heavy atom. The van der Waals surface area contributed by atoms with Crippen molar-refractivity contribution in [2.75, 3.05) is 6.61 Å². The maximum atomic E-state index is 11.7. The maximum absolute atomic E-state index is 11.7. The number of amides is 2. The largest absolute Gasteiger partial charge is 0.368 e. The molecular weight excluding hydrogens is 232 g/mol. The van der Waals surface area contributed by atoms with Gasteiger partial charge in [0.05, 0.1) is 0 Å². The van der Waals surface area contributed by atoms with Crippen LogP contribution in [-0.4, -0.2) is 18.4 Å². The Hall–Kier alpha value is -2.14. The summed E-state index contributed by atoms with van der Waals surface area (Å²) in [5.41, 5.74) is 9.61. The lowest BCUT2D eigenvalue weighted by Gasteiger charge is -2.29. The Kier molecular flexibility index (Phi) is 4.62. The Balaban J connectivity index is 3.16. The highest BCUT2D eigenvalue weighted by molar-refractivity contribution is 5.86. The number of benzene rings is 1. The summed E-state index contributed by atoms with van der Waals surface area (Å²) in [6.07, 6.45) is 1.68. The second-order valence-electron chi connectivity index (χ2n) is 3.81. The van der Waals surface area contributed by atoms with Crippen LogP contribution in [0.4, 0.5) is 0 Å². The van der Waals surface area contributed by atoms with Gasteiger partial charge in [-0.2, -0.15) is 0 Å². The highest BCUT2D eigenvalue weighted by atomic mass is 16.5. The van der Waals surface area contributed by atoms with E-state index in [1.54, 1.807) is 30.3 Å². The van der Waals surface area contributed by atoms with Gasteiger partial charge in [0.1, 0.15) is 6.61 Å². The van der Waals surface area contributed by atoms with Crippen molar-refractivity contribution < 1.29 is 14.3 Å². The predicted molar refractivity (Wildman–Crippen MR) is 67.3 cm³/mol. The van der Waals surface area contributed by atoms with Gasteiger partial charge in [-0.1, -0.05) is 36.4 Å². The van der Waals surface area contributed by atoms with Gasteiger partial charge >= 0.3 is 0 Å². The molecule has 0 aliphatic rings. The zero-order valence-corrected chi connectivity index (χ0v) is 9.96. The van der Waals surface area contributed by atoms with E-state index < -0.39 is 17.4 Å². The third-order valence-electron chi connectivity index (χ3n) is 2.53. The summed E-state index contributed by atoms with van der Waals surface area (Å²) in [5, 5.41) is 0. The minimum Gasteiger partial charge on any atom is -0.368 e. The molecule has 0 aliphatic heterocycles. The van der Waals surface area contributed by atoms with Gasteiger partial charge in [-0.3, -0.25) is 9.59 Å². The second kappa shape index (κ2) is 5.97. The van der Waals surface area contributed by atoms with Crippen LogP contribution >= 0.6 is 0 Å². The lowest BCUT2D eigenvalue weighted by Crippen LogP contribution is -2.45. The van der Waals surface area contributed by atoms with Gasteiger partial charge in [0.25, 0.3) is 5.91 Å². The monoisotopic (exact) mass is 248 g/mol. The molecule has 96 valence electrons. The number of nitrogens with two attached hydrogens (primary N) is 2. The van der Waals surface area contributed by atoms with Gasteiger partial charge in [0.15, 0.2) is 5.60 Å². The first kappa shape index (κ1) is 13.9. The van der Waals surface area contributed by atoms with E-state index in [9.17, 15) is 9.59 Å². The molecular formula is C13H16N2O3. The van der Waals surface area contributed by atoms with Crippen LogP contribution < -0.4 is 11.5 Å². The van der Waals surface area contributed by atoms with Crippen molar-refractivity contribution >= 4 is 11.8 Å². The fraction of sp³-hybridized carbons (Fsp3) is 0.231. The molecule has 0 radical (unpaired) electrons.